The maximum Gasteiger partial charge on any atom is 0.310 e. The Kier molecular flexibility index (Phi) is 5.30. The second kappa shape index (κ2) is 7.00. The number of halogens is 3. The van der Waals surface area contributed by atoms with Crippen molar-refractivity contribution in [1.29, 1.82) is 0 Å². The van der Waals surface area contributed by atoms with Crippen molar-refractivity contribution in [2.24, 2.45) is 0 Å². The number of hydrogen-bond donors (Lipinski definition) is 1. The Balaban J connectivity index is 2.00. The third-order valence-corrected chi connectivity index (χ3v) is 4.42. The van der Waals surface area contributed by atoms with E-state index in [1.807, 2.05) is 12.1 Å². The van der Waals surface area contributed by atoms with E-state index in [4.69, 9.17) is 0 Å². The van der Waals surface area contributed by atoms with Gasteiger partial charge in [0.15, 0.2) is 0 Å². The number of carbonyl (C=O) groups is 1. The number of anilines is 1. The molecule has 0 fully saturated rings. The maximum absolute atomic E-state index is 13.6. The highest BCUT2D eigenvalue weighted by atomic mass is 79.9. The Labute approximate surface area is 133 Å². The van der Waals surface area contributed by atoms with E-state index in [-0.39, 0.29) is 22.6 Å². The molecule has 0 unspecified atom stereocenters. The molecular weight excluding hydrogens is 364 g/mol. The molecule has 0 bridgehead atoms. The lowest BCUT2D eigenvalue weighted by Gasteiger charge is -2.07. The van der Waals surface area contributed by atoms with Crippen LogP contribution in [-0.4, -0.2) is 13.1 Å². The quantitative estimate of drug-likeness (QED) is 0.630. The van der Waals surface area contributed by atoms with Gasteiger partial charge in [-0.2, -0.15) is 0 Å². The summed E-state index contributed by atoms with van der Waals surface area (Å²) in [6.07, 6.45) is 0.211. The average Bonchev–Trinajstić information content (AvgIpc) is 2.88. The number of hydrogen-bond acceptors (Lipinski definition) is 4. The molecule has 112 valence electrons. The van der Waals surface area contributed by atoms with Crippen LogP contribution in [0.4, 0.5) is 14.5 Å². The topological polar surface area (TPSA) is 38.3 Å². The molecular formula is C14H12BrF2NO2S. The van der Waals surface area contributed by atoms with Crippen LogP contribution in [0.25, 0.3) is 0 Å². The zero-order valence-electron chi connectivity index (χ0n) is 11.1. The lowest BCUT2D eigenvalue weighted by atomic mass is 10.3. The van der Waals surface area contributed by atoms with Crippen LogP contribution in [0.5, 0.6) is 0 Å². The minimum atomic E-state index is -0.533. The van der Waals surface area contributed by atoms with E-state index in [1.54, 1.807) is 0 Å². The summed E-state index contributed by atoms with van der Waals surface area (Å²) in [5.41, 5.74) is 0.0959. The van der Waals surface area contributed by atoms with E-state index >= 15 is 0 Å². The Morgan fingerprint density at radius 2 is 2.00 bits per heavy atom. The molecule has 1 heterocycles. The van der Waals surface area contributed by atoms with E-state index < -0.39 is 11.6 Å². The average molecular weight is 376 g/mol. The smallest absolute Gasteiger partial charge is 0.310 e. The minimum Gasteiger partial charge on any atom is -0.469 e. The highest BCUT2D eigenvalue weighted by Crippen LogP contribution is 2.25. The molecule has 0 aliphatic heterocycles. The van der Waals surface area contributed by atoms with E-state index in [1.165, 1.54) is 18.4 Å². The number of benzene rings is 1. The predicted molar refractivity (Wildman–Crippen MR) is 81.4 cm³/mol. The van der Waals surface area contributed by atoms with E-state index in [0.29, 0.717) is 6.54 Å². The van der Waals surface area contributed by atoms with Crippen molar-refractivity contribution < 1.29 is 18.3 Å². The van der Waals surface area contributed by atoms with Crippen LogP contribution >= 0.6 is 27.3 Å². The molecule has 0 amide bonds. The fourth-order valence-corrected chi connectivity index (χ4v) is 2.93. The molecule has 0 atom stereocenters. The molecule has 21 heavy (non-hydrogen) atoms. The molecule has 0 saturated carbocycles. The van der Waals surface area contributed by atoms with Crippen LogP contribution in [0.1, 0.15) is 9.75 Å². The third kappa shape index (κ3) is 4.25. The number of methoxy groups -OCH3 is 1. The van der Waals surface area contributed by atoms with Gasteiger partial charge in [0.2, 0.25) is 0 Å². The Hall–Kier alpha value is -1.47. The number of rotatable bonds is 5. The first-order chi connectivity index (χ1) is 9.99. The third-order valence-electron chi connectivity index (χ3n) is 2.73. The highest BCUT2D eigenvalue weighted by molar-refractivity contribution is 9.10. The first kappa shape index (κ1) is 15.9. The molecule has 2 rings (SSSR count). The van der Waals surface area contributed by atoms with Crippen LogP contribution in [0, 0.1) is 11.6 Å². The maximum atomic E-state index is 13.6. The number of thiophene rings is 1. The van der Waals surface area contributed by atoms with Gasteiger partial charge in [0.05, 0.1) is 23.7 Å². The Morgan fingerprint density at radius 1 is 1.29 bits per heavy atom. The largest absolute Gasteiger partial charge is 0.469 e. The summed E-state index contributed by atoms with van der Waals surface area (Å²) in [5, 5.41) is 2.84. The van der Waals surface area contributed by atoms with Gasteiger partial charge < -0.3 is 10.1 Å². The normalized spacial score (nSPS) is 10.5. The van der Waals surface area contributed by atoms with Crippen molar-refractivity contribution in [2.45, 2.75) is 13.0 Å². The summed E-state index contributed by atoms with van der Waals surface area (Å²) in [4.78, 5) is 12.9. The second-order valence-corrected chi connectivity index (χ2v) is 6.33. The van der Waals surface area contributed by atoms with Gasteiger partial charge in [0.1, 0.15) is 11.6 Å². The van der Waals surface area contributed by atoms with Gasteiger partial charge in [0.25, 0.3) is 0 Å². The van der Waals surface area contributed by atoms with Gasteiger partial charge in [0, 0.05) is 22.4 Å². The van der Waals surface area contributed by atoms with Gasteiger partial charge in [-0.3, -0.25) is 4.79 Å². The van der Waals surface area contributed by atoms with Crippen molar-refractivity contribution in [1.82, 2.24) is 0 Å². The van der Waals surface area contributed by atoms with Gasteiger partial charge in [-0.1, -0.05) is 0 Å². The van der Waals surface area contributed by atoms with Crippen LogP contribution in [-0.2, 0) is 22.5 Å². The van der Waals surface area contributed by atoms with Crippen LogP contribution in [0.2, 0.25) is 0 Å². The van der Waals surface area contributed by atoms with Gasteiger partial charge >= 0.3 is 5.97 Å². The summed E-state index contributed by atoms with van der Waals surface area (Å²) in [5.74, 6) is -1.37. The molecule has 0 spiro atoms. The number of nitrogens with one attached hydrogen (secondary N) is 1. The fraction of sp³-hybridized carbons (Fsp3) is 0.214. The lowest BCUT2D eigenvalue weighted by Crippen LogP contribution is -2.02. The zero-order chi connectivity index (χ0) is 15.4. The monoisotopic (exact) mass is 375 g/mol. The highest BCUT2D eigenvalue weighted by Gasteiger charge is 2.09. The van der Waals surface area contributed by atoms with Crippen molar-refractivity contribution in [2.75, 3.05) is 12.4 Å². The molecule has 1 aromatic carbocycles. The fourth-order valence-electron chi connectivity index (χ4n) is 1.67. The summed E-state index contributed by atoms with van der Waals surface area (Å²) in [6.45, 7) is 0.351. The summed E-state index contributed by atoms with van der Waals surface area (Å²) in [6, 6.07) is 5.83. The molecule has 7 heteroatoms. The van der Waals surface area contributed by atoms with Gasteiger partial charge in [-0.25, -0.2) is 8.78 Å². The molecule has 1 aromatic heterocycles. The van der Waals surface area contributed by atoms with E-state index in [2.05, 4.69) is 26.0 Å². The predicted octanol–water partition coefficient (Wildman–Crippen LogP) is 4.12. The lowest BCUT2D eigenvalue weighted by molar-refractivity contribution is -0.139. The number of carbonyl (C=O) groups excluding carboxylic acids is 1. The van der Waals surface area contributed by atoms with Crippen molar-refractivity contribution in [3.05, 3.63) is 50.1 Å². The Morgan fingerprint density at radius 3 is 2.71 bits per heavy atom. The summed E-state index contributed by atoms with van der Waals surface area (Å²) < 4.78 is 31.7. The second-order valence-electron chi connectivity index (χ2n) is 4.22. The molecule has 0 radical (unpaired) electrons. The molecule has 0 saturated heterocycles. The van der Waals surface area contributed by atoms with Crippen molar-refractivity contribution >= 4 is 38.9 Å². The standard InChI is InChI=1S/C14H12BrF2NO2S/c1-20-14(19)4-8-2-3-9(21-8)7-18-13-6-11(16)10(15)5-12(13)17/h2-3,5-6,18H,4,7H2,1H3. The molecule has 0 aliphatic rings. The van der Waals surface area contributed by atoms with Crippen molar-refractivity contribution in [3.63, 3.8) is 0 Å². The summed E-state index contributed by atoms with van der Waals surface area (Å²) in [7, 11) is 1.34. The zero-order valence-corrected chi connectivity index (χ0v) is 13.5. The van der Waals surface area contributed by atoms with Gasteiger partial charge in [-0.15, -0.1) is 11.3 Å². The Bertz CT molecular complexity index is 660. The number of esters is 1. The first-order valence-electron chi connectivity index (χ1n) is 6.02. The van der Waals surface area contributed by atoms with Crippen molar-refractivity contribution in [3.8, 4) is 0 Å². The molecule has 0 aliphatic carbocycles. The molecule has 2 aromatic rings. The SMILES string of the molecule is COC(=O)Cc1ccc(CNc2cc(F)c(Br)cc2F)s1. The molecule has 1 N–H and O–H groups in total. The van der Waals surface area contributed by atoms with Crippen LogP contribution in [0.3, 0.4) is 0 Å². The minimum absolute atomic E-state index is 0.0852. The van der Waals surface area contributed by atoms with E-state index in [9.17, 15) is 13.6 Å². The van der Waals surface area contributed by atoms with Crippen LogP contribution < -0.4 is 5.32 Å². The number of ether oxygens (including phenoxy) is 1. The first-order valence-corrected chi connectivity index (χ1v) is 7.63. The van der Waals surface area contributed by atoms with Gasteiger partial charge in [-0.05, 0) is 34.1 Å². The van der Waals surface area contributed by atoms with E-state index in [0.717, 1.165) is 21.9 Å². The molecule has 3 nitrogen and oxygen atoms in total. The van der Waals surface area contributed by atoms with Crippen LogP contribution in [0.15, 0.2) is 28.7 Å². The summed E-state index contributed by atoms with van der Waals surface area (Å²) >= 11 is 4.34.